The summed E-state index contributed by atoms with van der Waals surface area (Å²) in [7, 11) is 0. The van der Waals surface area contributed by atoms with E-state index in [-0.39, 0.29) is 9.99 Å². The van der Waals surface area contributed by atoms with Gasteiger partial charge in [0.2, 0.25) is 0 Å². The van der Waals surface area contributed by atoms with Gasteiger partial charge in [0.25, 0.3) is 5.24 Å². The Kier molecular flexibility index (Phi) is 4.92. The Labute approximate surface area is 120 Å². The minimum atomic E-state index is -0.162. The van der Waals surface area contributed by atoms with E-state index < -0.39 is 0 Å². The van der Waals surface area contributed by atoms with Crippen molar-refractivity contribution in [3.63, 3.8) is 0 Å². The molecule has 104 valence electrons. The monoisotopic (exact) mass is 277 g/mol. The van der Waals surface area contributed by atoms with Crippen molar-refractivity contribution in [2.45, 2.75) is 44.3 Å². The van der Waals surface area contributed by atoms with Crippen molar-refractivity contribution in [2.24, 2.45) is 0 Å². The van der Waals surface area contributed by atoms with Crippen LogP contribution in [0.5, 0.6) is 0 Å². The van der Waals surface area contributed by atoms with Crippen molar-refractivity contribution in [1.82, 2.24) is 4.90 Å². The number of carbonyl (C=O) groups is 1. The third-order valence-electron chi connectivity index (χ3n) is 3.68. The van der Waals surface area contributed by atoms with Crippen molar-refractivity contribution >= 4 is 17.0 Å². The first-order chi connectivity index (χ1) is 9.09. The van der Waals surface area contributed by atoms with Gasteiger partial charge < -0.3 is 4.90 Å². The van der Waals surface area contributed by atoms with Crippen LogP contribution in [0.3, 0.4) is 0 Å². The Morgan fingerprint density at radius 2 is 1.63 bits per heavy atom. The summed E-state index contributed by atoms with van der Waals surface area (Å²) in [6.07, 6.45) is 4.82. The molecule has 1 aromatic rings. The van der Waals surface area contributed by atoms with Gasteiger partial charge in [0, 0.05) is 17.8 Å². The van der Waals surface area contributed by atoms with Crippen molar-refractivity contribution < 1.29 is 4.79 Å². The first-order valence-corrected chi connectivity index (χ1v) is 7.95. The minimum Gasteiger partial charge on any atom is -0.334 e. The van der Waals surface area contributed by atoms with Gasteiger partial charge in [-0.1, -0.05) is 54.9 Å². The van der Waals surface area contributed by atoms with E-state index in [1.54, 1.807) is 0 Å². The molecule has 1 aliphatic heterocycles. The van der Waals surface area contributed by atoms with Gasteiger partial charge in [-0.3, -0.25) is 4.79 Å². The summed E-state index contributed by atoms with van der Waals surface area (Å²) in [5.74, 6) is 0. The van der Waals surface area contributed by atoms with Crippen molar-refractivity contribution in [1.29, 1.82) is 0 Å². The van der Waals surface area contributed by atoms with Crippen LogP contribution in [-0.4, -0.2) is 23.2 Å². The number of benzene rings is 1. The standard InChI is InChI=1S/C16H23NOS/c1-16(2,14-10-6-5-7-11-14)19-15(18)17-12-8-3-4-9-13-17/h5-7,10-11H,3-4,8-9,12-13H2,1-2H3. The largest absolute Gasteiger partial charge is 0.334 e. The second-order valence-electron chi connectivity index (χ2n) is 5.65. The van der Waals surface area contributed by atoms with Crippen LogP contribution in [-0.2, 0) is 4.75 Å². The number of likely N-dealkylation sites (tertiary alicyclic amines) is 1. The number of nitrogens with zero attached hydrogens (tertiary/aromatic N) is 1. The van der Waals surface area contributed by atoms with Crippen LogP contribution in [0.1, 0.15) is 45.1 Å². The van der Waals surface area contributed by atoms with E-state index in [4.69, 9.17) is 0 Å². The van der Waals surface area contributed by atoms with Gasteiger partial charge in [0.1, 0.15) is 0 Å². The third kappa shape index (κ3) is 4.00. The van der Waals surface area contributed by atoms with Crippen LogP contribution in [0.2, 0.25) is 0 Å². The summed E-state index contributed by atoms with van der Waals surface area (Å²) in [6.45, 7) is 6.11. The Balaban J connectivity index is 2.01. The van der Waals surface area contributed by atoms with Gasteiger partial charge in [0.15, 0.2) is 0 Å². The SMILES string of the molecule is CC(C)(SC(=O)N1CCCCCC1)c1ccccc1. The molecule has 1 heterocycles. The van der Waals surface area contributed by atoms with Gasteiger partial charge in [-0.25, -0.2) is 0 Å². The second-order valence-corrected chi connectivity index (χ2v) is 7.22. The summed E-state index contributed by atoms with van der Waals surface area (Å²) in [5.41, 5.74) is 1.21. The Bertz CT molecular complexity index is 408. The molecule has 1 aliphatic rings. The smallest absolute Gasteiger partial charge is 0.282 e. The highest BCUT2D eigenvalue weighted by molar-refractivity contribution is 8.14. The highest BCUT2D eigenvalue weighted by atomic mass is 32.2. The molecule has 2 rings (SSSR count). The number of hydrogen-bond acceptors (Lipinski definition) is 2. The van der Waals surface area contributed by atoms with Crippen LogP contribution >= 0.6 is 11.8 Å². The number of hydrogen-bond donors (Lipinski definition) is 0. The highest BCUT2D eigenvalue weighted by Crippen LogP contribution is 2.37. The zero-order chi connectivity index (χ0) is 13.7. The summed E-state index contributed by atoms with van der Waals surface area (Å²) >= 11 is 1.46. The molecule has 0 radical (unpaired) electrons. The van der Waals surface area contributed by atoms with E-state index in [0.717, 1.165) is 25.9 Å². The van der Waals surface area contributed by atoms with E-state index in [2.05, 4.69) is 26.0 Å². The molecule has 0 aromatic heterocycles. The zero-order valence-corrected chi connectivity index (χ0v) is 12.7. The predicted octanol–water partition coefficient (Wildman–Crippen LogP) is 4.65. The third-order valence-corrected chi connectivity index (χ3v) is 4.85. The normalized spacial score (nSPS) is 17.1. The zero-order valence-electron chi connectivity index (χ0n) is 11.9. The lowest BCUT2D eigenvalue weighted by Gasteiger charge is -2.28. The Morgan fingerprint density at radius 1 is 1.05 bits per heavy atom. The van der Waals surface area contributed by atoms with E-state index in [0.29, 0.717) is 0 Å². The molecule has 1 aromatic carbocycles. The second kappa shape index (κ2) is 6.47. The lowest BCUT2D eigenvalue weighted by molar-refractivity contribution is 0.225. The maximum Gasteiger partial charge on any atom is 0.282 e. The minimum absolute atomic E-state index is 0.162. The van der Waals surface area contributed by atoms with Crippen molar-refractivity contribution in [3.05, 3.63) is 35.9 Å². The Morgan fingerprint density at radius 3 is 2.21 bits per heavy atom. The molecule has 1 fully saturated rings. The van der Waals surface area contributed by atoms with Crippen molar-refractivity contribution in [2.75, 3.05) is 13.1 Å². The summed E-state index contributed by atoms with van der Waals surface area (Å²) in [5, 5.41) is 0.232. The molecule has 0 N–H and O–H groups in total. The fraction of sp³-hybridized carbons (Fsp3) is 0.562. The number of rotatable bonds is 2. The quantitative estimate of drug-likeness (QED) is 0.784. The van der Waals surface area contributed by atoms with Gasteiger partial charge >= 0.3 is 0 Å². The maximum atomic E-state index is 12.4. The number of thioether (sulfide) groups is 1. The van der Waals surface area contributed by atoms with Gasteiger partial charge in [-0.05, 0) is 32.3 Å². The van der Waals surface area contributed by atoms with Crippen molar-refractivity contribution in [3.8, 4) is 0 Å². The maximum absolute atomic E-state index is 12.4. The summed E-state index contributed by atoms with van der Waals surface area (Å²) in [4.78, 5) is 14.5. The molecular weight excluding hydrogens is 254 g/mol. The average molecular weight is 277 g/mol. The van der Waals surface area contributed by atoms with Crippen LogP contribution in [0, 0.1) is 0 Å². The summed E-state index contributed by atoms with van der Waals surface area (Å²) < 4.78 is -0.162. The molecule has 0 atom stereocenters. The topological polar surface area (TPSA) is 20.3 Å². The number of carbonyl (C=O) groups excluding carboxylic acids is 1. The lowest BCUT2D eigenvalue weighted by atomic mass is 10.0. The predicted molar refractivity (Wildman–Crippen MR) is 82.5 cm³/mol. The van der Waals surface area contributed by atoms with Gasteiger partial charge in [0.05, 0.1) is 0 Å². The van der Waals surface area contributed by atoms with Gasteiger partial charge in [-0.2, -0.15) is 0 Å². The molecule has 0 bridgehead atoms. The highest BCUT2D eigenvalue weighted by Gasteiger charge is 2.28. The molecule has 0 unspecified atom stereocenters. The number of amides is 1. The van der Waals surface area contributed by atoms with E-state index >= 15 is 0 Å². The molecule has 0 aliphatic carbocycles. The fourth-order valence-corrected chi connectivity index (χ4v) is 3.44. The molecule has 1 saturated heterocycles. The Hall–Kier alpha value is -0.960. The van der Waals surface area contributed by atoms with Crippen LogP contribution < -0.4 is 0 Å². The molecule has 3 heteroatoms. The van der Waals surface area contributed by atoms with E-state index in [1.165, 1.54) is 30.2 Å². The first kappa shape index (κ1) is 14.4. The molecule has 19 heavy (non-hydrogen) atoms. The van der Waals surface area contributed by atoms with Crippen LogP contribution in [0.25, 0.3) is 0 Å². The lowest BCUT2D eigenvalue weighted by Crippen LogP contribution is -2.31. The molecule has 0 spiro atoms. The fourth-order valence-electron chi connectivity index (χ4n) is 2.43. The molecule has 1 amide bonds. The first-order valence-electron chi connectivity index (χ1n) is 7.13. The molecule has 2 nitrogen and oxygen atoms in total. The summed E-state index contributed by atoms with van der Waals surface area (Å²) in [6, 6.07) is 10.3. The van der Waals surface area contributed by atoms with Crippen LogP contribution in [0.15, 0.2) is 30.3 Å². The molecular formula is C16H23NOS. The van der Waals surface area contributed by atoms with E-state index in [9.17, 15) is 4.79 Å². The van der Waals surface area contributed by atoms with Crippen LogP contribution in [0.4, 0.5) is 4.79 Å². The molecule has 0 saturated carbocycles. The average Bonchev–Trinajstić information content (AvgIpc) is 2.68. The van der Waals surface area contributed by atoms with Gasteiger partial charge in [-0.15, -0.1) is 0 Å². The van der Waals surface area contributed by atoms with E-state index in [1.807, 2.05) is 23.1 Å².